The quantitative estimate of drug-likeness (QED) is 0.713. The Morgan fingerprint density at radius 2 is 2.13 bits per heavy atom. The van der Waals surface area contributed by atoms with Crippen molar-refractivity contribution in [3.63, 3.8) is 0 Å². The molecule has 1 aliphatic rings. The zero-order valence-corrected chi connectivity index (χ0v) is 9.90. The third-order valence-electron chi connectivity index (χ3n) is 2.63. The molecule has 3 nitrogen and oxygen atoms in total. The molecular formula is C12H22O3. The Morgan fingerprint density at radius 3 is 2.67 bits per heavy atom. The van der Waals surface area contributed by atoms with E-state index < -0.39 is 11.9 Å². The summed E-state index contributed by atoms with van der Waals surface area (Å²) in [6, 6.07) is 0. The van der Waals surface area contributed by atoms with Crippen LogP contribution in [0.25, 0.3) is 0 Å². The molecule has 0 amide bonds. The predicted molar refractivity (Wildman–Crippen MR) is 59.6 cm³/mol. The molecule has 0 radical (unpaired) electrons. The molecule has 0 aromatic heterocycles. The van der Waals surface area contributed by atoms with Crippen molar-refractivity contribution in [3.05, 3.63) is 12.7 Å². The molecule has 3 heteroatoms. The zero-order chi connectivity index (χ0) is 11.5. The highest BCUT2D eigenvalue weighted by Gasteiger charge is 2.42. The summed E-state index contributed by atoms with van der Waals surface area (Å²) in [5.41, 5.74) is 0. The first-order valence-electron chi connectivity index (χ1n) is 5.66. The van der Waals surface area contributed by atoms with Gasteiger partial charge in [0.1, 0.15) is 12.2 Å². The Bertz CT molecular complexity index is 213. The summed E-state index contributed by atoms with van der Waals surface area (Å²) in [5, 5.41) is 9.96. The summed E-state index contributed by atoms with van der Waals surface area (Å²) in [7, 11) is 0. The maximum absolute atomic E-state index is 9.96. The molecule has 0 saturated carbocycles. The minimum atomic E-state index is -0.614. The van der Waals surface area contributed by atoms with Crippen LogP contribution in [0.4, 0.5) is 0 Å². The van der Waals surface area contributed by atoms with Crippen LogP contribution >= 0.6 is 0 Å². The second-order valence-corrected chi connectivity index (χ2v) is 4.51. The van der Waals surface area contributed by atoms with E-state index >= 15 is 0 Å². The van der Waals surface area contributed by atoms with Crippen molar-refractivity contribution in [1.82, 2.24) is 0 Å². The molecule has 1 fully saturated rings. The van der Waals surface area contributed by atoms with Crippen LogP contribution in [-0.2, 0) is 9.47 Å². The first kappa shape index (κ1) is 12.7. The molecule has 0 spiro atoms. The molecule has 1 N–H and O–H groups in total. The lowest BCUT2D eigenvalue weighted by Crippen LogP contribution is -2.34. The van der Waals surface area contributed by atoms with E-state index in [4.69, 9.17) is 9.47 Å². The van der Waals surface area contributed by atoms with Gasteiger partial charge < -0.3 is 14.6 Å². The molecule has 1 heterocycles. The van der Waals surface area contributed by atoms with Crippen LogP contribution < -0.4 is 0 Å². The number of hydrogen-bond acceptors (Lipinski definition) is 3. The lowest BCUT2D eigenvalue weighted by Gasteiger charge is -2.21. The first-order valence-corrected chi connectivity index (χ1v) is 5.66. The molecule has 0 bridgehead atoms. The topological polar surface area (TPSA) is 38.7 Å². The van der Waals surface area contributed by atoms with Crippen LogP contribution in [0.3, 0.4) is 0 Å². The molecule has 1 aliphatic heterocycles. The Kier molecular flexibility index (Phi) is 4.32. The largest absolute Gasteiger partial charge is 0.390 e. The molecule has 1 unspecified atom stereocenters. The summed E-state index contributed by atoms with van der Waals surface area (Å²) in [5.74, 6) is -0.614. The van der Waals surface area contributed by atoms with E-state index in [1.807, 2.05) is 13.8 Å². The average molecular weight is 214 g/mol. The Labute approximate surface area is 92.1 Å². The fourth-order valence-corrected chi connectivity index (χ4v) is 1.87. The highest BCUT2D eigenvalue weighted by Crippen LogP contribution is 2.31. The average Bonchev–Trinajstić information content (AvgIpc) is 2.50. The van der Waals surface area contributed by atoms with E-state index in [0.717, 1.165) is 19.3 Å². The Morgan fingerprint density at radius 1 is 1.47 bits per heavy atom. The SMILES string of the molecule is C=C[C@H]1OC(C)(C)O[C@H]1C(O)CCCC. The molecule has 1 rings (SSSR count). The number of aliphatic hydroxyl groups excluding tert-OH is 1. The second-order valence-electron chi connectivity index (χ2n) is 4.51. The van der Waals surface area contributed by atoms with Gasteiger partial charge in [0.15, 0.2) is 5.79 Å². The standard InChI is InChI=1S/C12H22O3/c1-5-7-8-9(13)11-10(6-2)14-12(3,4)15-11/h6,9-11,13H,2,5,7-8H2,1,3-4H3/t9?,10-,11+/m1/s1. The highest BCUT2D eigenvalue weighted by molar-refractivity contribution is 4.96. The molecule has 3 atom stereocenters. The maximum Gasteiger partial charge on any atom is 0.164 e. The van der Waals surface area contributed by atoms with Gasteiger partial charge in [0, 0.05) is 0 Å². The predicted octanol–water partition coefficient (Wildman–Crippen LogP) is 2.24. The van der Waals surface area contributed by atoms with Crippen molar-refractivity contribution in [2.24, 2.45) is 0 Å². The first-order chi connectivity index (χ1) is 7.00. The molecule has 15 heavy (non-hydrogen) atoms. The van der Waals surface area contributed by atoms with Crippen LogP contribution in [0.5, 0.6) is 0 Å². The zero-order valence-electron chi connectivity index (χ0n) is 9.90. The van der Waals surface area contributed by atoms with Gasteiger partial charge in [-0.15, -0.1) is 6.58 Å². The summed E-state index contributed by atoms with van der Waals surface area (Å²) < 4.78 is 11.3. The van der Waals surface area contributed by atoms with E-state index in [0.29, 0.717) is 0 Å². The summed E-state index contributed by atoms with van der Waals surface area (Å²) in [6.45, 7) is 9.52. The van der Waals surface area contributed by atoms with Gasteiger partial charge in [-0.25, -0.2) is 0 Å². The van der Waals surface area contributed by atoms with Crippen molar-refractivity contribution >= 4 is 0 Å². The van der Waals surface area contributed by atoms with Gasteiger partial charge in [-0.2, -0.15) is 0 Å². The number of ether oxygens (including phenoxy) is 2. The smallest absolute Gasteiger partial charge is 0.164 e. The van der Waals surface area contributed by atoms with Crippen molar-refractivity contribution in [2.75, 3.05) is 0 Å². The summed E-state index contributed by atoms with van der Waals surface area (Å²) in [4.78, 5) is 0. The molecule has 0 aromatic carbocycles. The Balaban J connectivity index is 2.55. The van der Waals surface area contributed by atoms with Gasteiger partial charge in [0.05, 0.1) is 6.10 Å². The minimum absolute atomic E-state index is 0.202. The molecule has 1 saturated heterocycles. The number of unbranched alkanes of at least 4 members (excludes halogenated alkanes) is 1. The third-order valence-corrected chi connectivity index (χ3v) is 2.63. The van der Waals surface area contributed by atoms with Gasteiger partial charge in [-0.3, -0.25) is 0 Å². The van der Waals surface area contributed by atoms with Crippen molar-refractivity contribution < 1.29 is 14.6 Å². The van der Waals surface area contributed by atoms with Crippen LogP contribution in [0, 0.1) is 0 Å². The van der Waals surface area contributed by atoms with E-state index in [-0.39, 0.29) is 12.2 Å². The molecule has 88 valence electrons. The number of hydrogen-bond donors (Lipinski definition) is 1. The van der Waals surface area contributed by atoms with Gasteiger partial charge in [0.2, 0.25) is 0 Å². The normalized spacial score (nSPS) is 31.5. The summed E-state index contributed by atoms with van der Waals surface area (Å²) >= 11 is 0. The second kappa shape index (κ2) is 5.10. The van der Waals surface area contributed by atoms with E-state index in [1.54, 1.807) is 6.08 Å². The molecule has 0 aromatic rings. The number of rotatable bonds is 5. The Hall–Kier alpha value is -0.380. The summed E-state index contributed by atoms with van der Waals surface area (Å²) in [6.07, 6.45) is 3.60. The van der Waals surface area contributed by atoms with Gasteiger partial charge in [-0.05, 0) is 20.3 Å². The van der Waals surface area contributed by atoms with Crippen LogP contribution in [0.2, 0.25) is 0 Å². The van der Waals surface area contributed by atoms with E-state index in [9.17, 15) is 5.11 Å². The van der Waals surface area contributed by atoms with Crippen molar-refractivity contribution in [2.45, 2.75) is 64.1 Å². The van der Waals surface area contributed by atoms with Gasteiger partial charge in [-0.1, -0.05) is 25.8 Å². The lowest BCUT2D eigenvalue weighted by atomic mass is 10.0. The maximum atomic E-state index is 9.96. The minimum Gasteiger partial charge on any atom is -0.390 e. The monoisotopic (exact) mass is 214 g/mol. The fourth-order valence-electron chi connectivity index (χ4n) is 1.87. The van der Waals surface area contributed by atoms with Crippen LogP contribution in [0.1, 0.15) is 40.0 Å². The number of aliphatic hydroxyl groups is 1. The van der Waals surface area contributed by atoms with Crippen LogP contribution in [0.15, 0.2) is 12.7 Å². The van der Waals surface area contributed by atoms with E-state index in [2.05, 4.69) is 13.5 Å². The van der Waals surface area contributed by atoms with Crippen molar-refractivity contribution in [3.8, 4) is 0 Å². The highest BCUT2D eigenvalue weighted by atomic mass is 16.8. The van der Waals surface area contributed by atoms with Gasteiger partial charge in [0.25, 0.3) is 0 Å². The molecule has 0 aliphatic carbocycles. The third kappa shape index (κ3) is 3.30. The molecular weight excluding hydrogens is 192 g/mol. The van der Waals surface area contributed by atoms with Crippen LogP contribution in [-0.4, -0.2) is 29.2 Å². The van der Waals surface area contributed by atoms with E-state index in [1.165, 1.54) is 0 Å². The van der Waals surface area contributed by atoms with Crippen molar-refractivity contribution in [1.29, 1.82) is 0 Å². The van der Waals surface area contributed by atoms with Gasteiger partial charge >= 0.3 is 0 Å². The lowest BCUT2D eigenvalue weighted by molar-refractivity contribution is -0.153. The fraction of sp³-hybridized carbons (Fsp3) is 0.833.